The van der Waals surface area contributed by atoms with Gasteiger partial charge in [-0.3, -0.25) is 0 Å². The molecule has 0 amide bonds. The zero-order valence-electron chi connectivity index (χ0n) is 12.0. The van der Waals surface area contributed by atoms with Crippen LogP contribution < -0.4 is 5.32 Å². The molecule has 102 valence electrons. The molecule has 1 N–H and O–H groups in total. The Kier molecular flexibility index (Phi) is 4.31. The lowest BCUT2D eigenvalue weighted by Crippen LogP contribution is -2.10. The summed E-state index contributed by atoms with van der Waals surface area (Å²) < 4.78 is 1.11. The first kappa shape index (κ1) is 14.5. The van der Waals surface area contributed by atoms with Gasteiger partial charge in [-0.25, -0.2) is 4.98 Å². The minimum absolute atomic E-state index is 0.211. The summed E-state index contributed by atoms with van der Waals surface area (Å²) >= 11 is 5.40. The summed E-state index contributed by atoms with van der Waals surface area (Å²) in [6.45, 7) is 10.6. The number of aryl methyl sites for hydroxylation is 4. The molecule has 19 heavy (non-hydrogen) atoms. The van der Waals surface area contributed by atoms with Gasteiger partial charge < -0.3 is 5.32 Å². The molecule has 0 bridgehead atoms. The number of hydrogen-bond donors (Lipinski definition) is 1. The predicted molar refractivity (Wildman–Crippen MR) is 87.2 cm³/mol. The second kappa shape index (κ2) is 5.63. The number of hydrogen-bond acceptors (Lipinski definition) is 3. The number of benzene rings is 1. The van der Waals surface area contributed by atoms with E-state index in [0.29, 0.717) is 0 Å². The molecule has 0 radical (unpaired) electrons. The highest BCUT2D eigenvalue weighted by Crippen LogP contribution is 2.32. The molecule has 0 aliphatic heterocycles. The van der Waals surface area contributed by atoms with Crippen LogP contribution in [0.15, 0.2) is 16.6 Å². The first-order chi connectivity index (χ1) is 8.88. The summed E-state index contributed by atoms with van der Waals surface area (Å²) in [6, 6.07) is 4.54. The van der Waals surface area contributed by atoms with Crippen LogP contribution in [0.4, 0.5) is 5.69 Å². The average molecular weight is 339 g/mol. The van der Waals surface area contributed by atoms with Crippen LogP contribution in [0, 0.1) is 27.7 Å². The van der Waals surface area contributed by atoms with E-state index in [2.05, 4.69) is 73.0 Å². The summed E-state index contributed by atoms with van der Waals surface area (Å²) in [5.41, 5.74) is 4.82. The SMILES string of the molecule is Cc1cc(C)c(NC(C)c2nc(C)sc2C)c(Br)c1. The number of rotatable bonds is 3. The number of nitrogens with one attached hydrogen (secondary N) is 1. The van der Waals surface area contributed by atoms with E-state index >= 15 is 0 Å². The maximum Gasteiger partial charge on any atom is 0.0901 e. The smallest absolute Gasteiger partial charge is 0.0901 e. The lowest BCUT2D eigenvalue weighted by Gasteiger charge is -2.18. The van der Waals surface area contributed by atoms with Gasteiger partial charge in [0.15, 0.2) is 0 Å². The van der Waals surface area contributed by atoms with Crippen molar-refractivity contribution in [3.8, 4) is 0 Å². The van der Waals surface area contributed by atoms with E-state index < -0.39 is 0 Å². The van der Waals surface area contributed by atoms with E-state index in [4.69, 9.17) is 0 Å². The van der Waals surface area contributed by atoms with Crippen LogP contribution in [0.5, 0.6) is 0 Å². The Bertz CT molecular complexity index is 581. The molecular formula is C15H19BrN2S. The van der Waals surface area contributed by atoms with Crippen LogP contribution in [-0.2, 0) is 0 Å². The zero-order valence-corrected chi connectivity index (χ0v) is 14.4. The van der Waals surface area contributed by atoms with E-state index in [1.807, 2.05) is 0 Å². The molecule has 0 saturated heterocycles. The van der Waals surface area contributed by atoms with Crippen molar-refractivity contribution in [3.05, 3.63) is 43.3 Å². The fourth-order valence-electron chi connectivity index (χ4n) is 2.33. The Morgan fingerprint density at radius 2 is 1.89 bits per heavy atom. The molecule has 2 nitrogen and oxygen atoms in total. The molecule has 1 unspecified atom stereocenters. The number of halogens is 1. The van der Waals surface area contributed by atoms with Crippen LogP contribution in [0.25, 0.3) is 0 Å². The van der Waals surface area contributed by atoms with Gasteiger partial charge in [0.2, 0.25) is 0 Å². The largest absolute Gasteiger partial charge is 0.376 e. The summed E-state index contributed by atoms with van der Waals surface area (Å²) in [6.07, 6.45) is 0. The van der Waals surface area contributed by atoms with E-state index in [1.54, 1.807) is 11.3 Å². The topological polar surface area (TPSA) is 24.9 Å². The molecule has 0 aliphatic carbocycles. The van der Waals surface area contributed by atoms with Gasteiger partial charge in [0.1, 0.15) is 0 Å². The highest BCUT2D eigenvalue weighted by Gasteiger charge is 2.15. The molecule has 1 aromatic heterocycles. The highest BCUT2D eigenvalue weighted by atomic mass is 79.9. The minimum atomic E-state index is 0.211. The second-order valence-electron chi connectivity index (χ2n) is 4.98. The van der Waals surface area contributed by atoms with Crippen LogP contribution in [0.3, 0.4) is 0 Å². The first-order valence-corrected chi connectivity index (χ1v) is 7.96. The maximum atomic E-state index is 4.62. The predicted octanol–water partition coefficient (Wildman–Crippen LogP) is 5.31. The molecule has 4 heteroatoms. The Hall–Kier alpha value is -0.870. The molecule has 1 atom stereocenters. The summed E-state index contributed by atoms with van der Waals surface area (Å²) in [5, 5.41) is 4.70. The van der Waals surface area contributed by atoms with E-state index in [0.717, 1.165) is 20.9 Å². The number of thiazole rings is 1. The van der Waals surface area contributed by atoms with Crippen molar-refractivity contribution < 1.29 is 0 Å². The van der Waals surface area contributed by atoms with E-state index in [9.17, 15) is 0 Å². The van der Waals surface area contributed by atoms with Gasteiger partial charge in [-0.2, -0.15) is 0 Å². The maximum absolute atomic E-state index is 4.62. The fraction of sp³-hybridized carbons (Fsp3) is 0.400. The van der Waals surface area contributed by atoms with Crippen molar-refractivity contribution in [1.29, 1.82) is 0 Å². The summed E-state index contributed by atoms with van der Waals surface area (Å²) in [7, 11) is 0. The molecule has 1 aromatic carbocycles. The lowest BCUT2D eigenvalue weighted by atomic mass is 10.1. The van der Waals surface area contributed by atoms with Crippen LogP contribution in [0.2, 0.25) is 0 Å². The van der Waals surface area contributed by atoms with Crippen molar-refractivity contribution in [2.45, 2.75) is 40.7 Å². The monoisotopic (exact) mass is 338 g/mol. The third-order valence-electron chi connectivity index (χ3n) is 3.14. The Balaban J connectivity index is 2.29. The quantitative estimate of drug-likeness (QED) is 0.819. The number of anilines is 1. The van der Waals surface area contributed by atoms with Crippen molar-refractivity contribution in [2.24, 2.45) is 0 Å². The molecular weight excluding hydrogens is 320 g/mol. The fourth-order valence-corrected chi connectivity index (χ4v) is 4.03. The standard InChI is InChI=1S/C15H19BrN2S/c1-8-6-9(2)14(13(16)7-8)17-10(3)15-11(4)19-12(5)18-15/h6-7,10,17H,1-5H3. The molecule has 1 heterocycles. The van der Waals surface area contributed by atoms with Crippen molar-refractivity contribution in [1.82, 2.24) is 4.98 Å². The third kappa shape index (κ3) is 3.18. The number of aromatic nitrogens is 1. The van der Waals surface area contributed by atoms with Crippen LogP contribution in [0.1, 0.15) is 39.7 Å². The molecule has 0 aliphatic rings. The Morgan fingerprint density at radius 1 is 1.21 bits per heavy atom. The normalized spacial score (nSPS) is 12.5. The summed E-state index contributed by atoms with van der Waals surface area (Å²) in [4.78, 5) is 5.91. The molecule has 2 aromatic rings. The first-order valence-electron chi connectivity index (χ1n) is 6.35. The highest BCUT2D eigenvalue weighted by molar-refractivity contribution is 9.10. The van der Waals surface area contributed by atoms with Gasteiger partial charge >= 0.3 is 0 Å². The van der Waals surface area contributed by atoms with Crippen LogP contribution in [-0.4, -0.2) is 4.98 Å². The van der Waals surface area contributed by atoms with Crippen LogP contribution >= 0.6 is 27.3 Å². The second-order valence-corrected chi connectivity index (χ2v) is 7.24. The molecule has 0 fully saturated rings. The van der Waals surface area contributed by atoms with Gasteiger partial charge in [0.05, 0.1) is 22.4 Å². The zero-order chi connectivity index (χ0) is 14.2. The van der Waals surface area contributed by atoms with Crippen molar-refractivity contribution in [3.63, 3.8) is 0 Å². The minimum Gasteiger partial charge on any atom is -0.376 e. The van der Waals surface area contributed by atoms with Gasteiger partial charge in [0, 0.05) is 9.35 Å². The molecule has 0 saturated carbocycles. The van der Waals surface area contributed by atoms with Gasteiger partial charge in [-0.05, 0) is 67.7 Å². The molecule has 2 rings (SSSR count). The number of nitrogens with zero attached hydrogens (tertiary/aromatic N) is 1. The lowest BCUT2D eigenvalue weighted by molar-refractivity contribution is 0.834. The van der Waals surface area contributed by atoms with E-state index in [1.165, 1.54) is 16.0 Å². The van der Waals surface area contributed by atoms with E-state index in [-0.39, 0.29) is 6.04 Å². The van der Waals surface area contributed by atoms with Crippen molar-refractivity contribution >= 4 is 33.0 Å². The van der Waals surface area contributed by atoms with Crippen molar-refractivity contribution in [2.75, 3.05) is 5.32 Å². The van der Waals surface area contributed by atoms with Gasteiger partial charge in [-0.1, -0.05) is 6.07 Å². The van der Waals surface area contributed by atoms with Gasteiger partial charge in [-0.15, -0.1) is 11.3 Å². The van der Waals surface area contributed by atoms with Gasteiger partial charge in [0.25, 0.3) is 0 Å². The Labute approximate surface area is 127 Å². The Morgan fingerprint density at radius 3 is 2.42 bits per heavy atom. The average Bonchev–Trinajstić information content (AvgIpc) is 2.62. The molecule has 0 spiro atoms. The third-order valence-corrected chi connectivity index (χ3v) is 4.67. The summed E-state index contributed by atoms with van der Waals surface area (Å²) in [5.74, 6) is 0.